The minimum atomic E-state index is -1.10. The van der Waals surface area contributed by atoms with E-state index in [1.54, 1.807) is 22.6 Å². The molecule has 2 saturated heterocycles. The summed E-state index contributed by atoms with van der Waals surface area (Å²) >= 11 is 5.34. The van der Waals surface area contributed by atoms with Crippen LogP contribution in [0.5, 0.6) is 0 Å². The summed E-state index contributed by atoms with van der Waals surface area (Å²) in [5.74, 6) is 8.91. The van der Waals surface area contributed by atoms with Gasteiger partial charge in [0.2, 0.25) is 16.4 Å². The first-order valence-corrected chi connectivity index (χ1v) is 53.7. The van der Waals surface area contributed by atoms with Crippen LogP contribution in [0.1, 0.15) is 157 Å². The molecular formula is C103H125BrCl2IN11O6P2PdSi. The Balaban J connectivity index is 0.000000374. The molecule has 0 bridgehead atoms. The van der Waals surface area contributed by atoms with Crippen molar-refractivity contribution in [3.63, 3.8) is 0 Å². The number of methoxy groups -OCH3 is 2. The molecule has 8 aromatic carbocycles. The fourth-order valence-electron chi connectivity index (χ4n) is 10.9. The molecule has 2 N–H and O–H groups in total. The number of esters is 2. The van der Waals surface area contributed by atoms with Gasteiger partial charge in [0.15, 0.2) is 16.9 Å². The van der Waals surface area contributed by atoms with Crippen molar-refractivity contribution in [3.8, 4) is 36.2 Å². The monoisotopic (exact) mass is 2080 g/mol. The summed E-state index contributed by atoms with van der Waals surface area (Å²) in [6.45, 7) is 27.2. The average molecular weight is 2090 g/mol. The minimum Gasteiger partial charge on any atom is -0.0622 e. The third kappa shape index (κ3) is 42.0. The molecule has 0 radical (unpaired) electrons. The smallest absolute Gasteiger partial charge is 0.0134 e. The number of halogens is 4. The van der Waals surface area contributed by atoms with Crippen LogP contribution in [0.15, 0.2) is 296 Å². The Morgan fingerprint density at radius 1 is 0.477 bits per heavy atom. The van der Waals surface area contributed by atoms with E-state index in [0.717, 1.165) is 62.7 Å². The second kappa shape index (κ2) is 66.9. The quantitative estimate of drug-likeness (QED) is 0.0344. The van der Waals surface area contributed by atoms with E-state index in [1.165, 1.54) is 103 Å². The number of ether oxygens (including phenoxy) is 4. The maximum absolute atomic E-state index is 11.6. The zero-order chi connectivity index (χ0) is 91.5. The van der Waals surface area contributed by atoms with E-state index in [2.05, 4.69) is 351 Å². The third-order valence-corrected chi connectivity index (χ3v) is 25.3. The Bertz CT molecular complexity index is 5170. The number of fused-ring (bicyclic) bond motifs is 3. The summed E-state index contributed by atoms with van der Waals surface area (Å²) in [6.07, 6.45) is 26.7. The van der Waals surface area contributed by atoms with Crippen molar-refractivity contribution in [3.05, 3.63) is 339 Å². The van der Waals surface area contributed by atoms with Gasteiger partial charge in [0.1, 0.15) is 20.5 Å². The van der Waals surface area contributed by atoms with Gasteiger partial charge in [-0.2, -0.15) is 0 Å². The molecule has 0 spiro atoms. The van der Waals surface area contributed by atoms with Crippen LogP contribution in [-0.2, 0) is 34.9 Å². The summed E-state index contributed by atoms with van der Waals surface area (Å²) < 4.78 is 27.1. The van der Waals surface area contributed by atoms with Crippen molar-refractivity contribution < 1.29 is 44.5 Å². The largest absolute Gasteiger partial charge is 0.0622 e. The van der Waals surface area contributed by atoms with Crippen molar-refractivity contribution in [2.75, 3.05) is 40.5 Å². The van der Waals surface area contributed by atoms with Crippen LogP contribution >= 0.6 is 73.4 Å². The summed E-state index contributed by atoms with van der Waals surface area (Å²) in [5.41, 5.74) is 9.11. The van der Waals surface area contributed by atoms with Gasteiger partial charge in [0.05, 0.1) is 25.3 Å². The first-order valence-electron chi connectivity index (χ1n) is 41.7. The fraction of sp³-hybridized carbons (Fsp3) is 0.282. The number of nitrogens with one attached hydrogen (secondary N) is 2. The van der Waals surface area contributed by atoms with Gasteiger partial charge in [-0.3, -0.25) is 23.8 Å². The van der Waals surface area contributed by atoms with Crippen LogP contribution in [-0.4, -0.2) is 117 Å². The zero-order valence-corrected chi connectivity index (χ0v) is 83.8. The molecule has 0 amide bonds. The molecule has 0 saturated carbocycles. The second-order valence-electron chi connectivity index (χ2n) is 28.4. The topological polar surface area (TPSA) is 186 Å². The van der Waals surface area contributed by atoms with Gasteiger partial charge in [0, 0.05) is 40.9 Å². The molecule has 128 heavy (non-hydrogen) atoms. The second-order valence-corrected chi connectivity index (χ2v) is 41.9. The number of aromatic nitrogens is 9. The number of hydrogen-bond acceptors (Lipinski definition) is 14. The van der Waals surface area contributed by atoms with E-state index in [9.17, 15) is 9.59 Å². The summed E-state index contributed by atoms with van der Waals surface area (Å²) in [7, 11) is 10.4. The van der Waals surface area contributed by atoms with Crippen LogP contribution < -0.4 is 42.5 Å². The van der Waals surface area contributed by atoms with Crippen molar-refractivity contribution in [1.29, 1.82) is 0 Å². The number of rotatable bonds is 14. The Hall–Kier alpha value is -9.39. The van der Waals surface area contributed by atoms with E-state index in [0.29, 0.717) is 35.2 Å². The van der Waals surface area contributed by atoms with Gasteiger partial charge < -0.3 is 18.9 Å². The SMILES string of the molecule is Brc1nnc2ccccn12.C.C.C#C[Si](C)(C)C.C#Cc1nnc2ccccn12.CCCC.CCCC.CCNC1CCCO1.CCNC1CCCO1.COC(=O)c1ccc(C)c(C#Cc2nnc3ccccn23)c1.COC(=O)c1ccc(C)c(I)c1.[Cl][Pd][Cl].c1ccc(P(c2ccccc2)c2ccccc2)cc1.c1ccc(P(c2ccccc2)c2ccccc2)cc1. The molecule has 2 fully saturated rings. The molecule has 25 heteroatoms. The predicted octanol–water partition coefficient (Wildman–Crippen LogP) is 22.9. The molecule has 6 aromatic heterocycles. The number of aryl methyl sites for hydroxylation is 2. The molecule has 0 aliphatic carbocycles. The van der Waals surface area contributed by atoms with Gasteiger partial charge >= 0.3 is 46.9 Å². The number of pyridine rings is 3. The zero-order valence-electron chi connectivity index (χ0n) is 74.2. The van der Waals surface area contributed by atoms with Crippen LogP contribution in [0, 0.1) is 53.6 Å². The van der Waals surface area contributed by atoms with Crippen LogP contribution in [0.25, 0.3) is 16.9 Å². The van der Waals surface area contributed by atoms with E-state index in [-0.39, 0.29) is 42.7 Å². The Morgan fingerprint density at radius 3 is 1.09 bits per heavy atom. The molecule has 2 aliphatic heterocycles. The molecule has 2 atom stereocenters. The summed E-state index contributed by atoms with van der Waals surface area (Å²) in [5, 5.41) is 38.3. The standard InChI is InChI=1S/2C18H15P.C17H13N3O2.C9H9IO2.C8H5N3.C6H4BrN3.2C6H13NO.C5H10Si.2C4H10.2CH4.2ClH.Pd/c2*1-4-10-16(11-5-1)19(17-12-6-2-7-13-17)18-14-8-3-9-15-18;1-12-6-7-14(17(21)22-2)11-13(12)8-9-16-19-18-15-5-3-4-10-20(15)16;1-6-3-4-7(5-8(6)10)9(11)12-2;1-2-7-9-10-8-5-3-4-6-11(7)8;7-6-9-8-5-3-1-2-4-10(5)6;2*1-2-7-6-4-3-5-8-6;1-5-6(2,3)4;2*1-3-4-2;;;;;/h2*1-15H;3-7,10-11H,1-2H3;3-5H,1-2H3;1,3-6H;1-4H;2*6-7H,2-5H2,1H3;1H,2-4H3;2*3-4H2,1-2H3;2*1H4;2*1H;/q;;;;;;;;;;;;;;;+2/p-2. The maximum atomic E-state index is 11.6. The summed E-state index contributed by atoms with van der Waals surface area (Å²) in [4.78, 5) is 22.6. The maximum Gasteiger partial charge on any atom is -0.0134 e. The number of nitrogens with zero attached hydrogens (tertiary/aromatic N) is 9. The molecule has 14 aromatic rings. The van der Waals surface area contributed by atoms with E-state index < -0.39 is 23.9 Å². The predicted molar refractivity (Wildman–Crippen MR) is 552 cm³/mol. The number of benzene rings is 8. The van der Waals surface area contributed by atoms with Gasteiger partial charge in [-0.25, -0.2) is 9.59 Å². The fourth-order valence-corrected chi connectivity index (χ4v) is 16.4. The van der Waals surface area contributed by atoms with E-state index in [4.69, 9.17) is 46.1 Å². The Labute approximate surface area is 803 Å². The van der Waals surface area contributed by atoms with E-state index >= 15 is 0 Å². The molecule has 680 valence electrons. The van der Waals surface area contributed by atoms with Crippen molar-refractivity contribution in [2.24, 2.45) is 0 Å². The molecule has 17 nitrogen and oxygen atoms in total. The van der Waals surface area contributed by atoms with Crippen LogP contribution in [0.3, 0.4) is 0 Å². The van der Waals surface area contributed by atoms with E-state index in [1.807, 2.05) is 114 Å². The van der Waals surface area contributed by atoms with Gasteiger partial charge in [-0.15, -0.1) is 49.0 Å². The molecule has 2 unspecified atom stereocenters. The number of unbranched alkanes of at least 4 members (excludes halogenated alkanes) is 2. The van der Waals surface area contributed by atoms with Gasteiger partial charge in [-0.05, 0) is 222 Å². The number of carbonyl (C=O) groups is 2. The number of carbonyl (C=O) groups excluding carboxylic acids is 2. The number of hydrogen-bond donors (Lipinski definition) is 2. The minimum absolute atomic E-state index is 0. The van der Waals surface area contributed by atoms with Crippen molar-refractivity contribution in [2.45, 2.75) is 154 Å². The average Bonchev–Trinajstić information content (AvgIpc) is 1.49. The normalized spacial score (nSPS) is 12.2. The molecule has 2 aliphatic rings. The molecule has 16 rings (SSSR count). The summed E-state index contributed by atoms with van der Waals surface area (Å²) in [6, 6.07) is 92.5. The first-order chi connectivity index (χ1) is 61.2. The van der Waals surface area contributed by atoms with Crippen molar-refractivity contribution >= 4 is 142 Å². The number of terminal acetylenes is 2. The van der Waals surface area contributed by atoms with Crippen LogP contribution in [0.2, 0.25) is 19.6 Å². The Morgan fingerprint density at radius 2 is 0.789 bits per heavy atom. The first kappa shape index (κ1) is 113. The molecule has 8 heterocycles. The molecular weight excluding hydrogens is 1960 g/mol. The third-order valence-electron chi connectivity index (χ3n) is 17.8. The Kier molecular flexibility index (Phi) is 58.9. The van der Waals surface area contributed by atoms with Crippen molar-refractivity contribution in [1.82, 2.24) is 54.4 Å². The van der Waals surface area contributed by atoms with Gasteiger partial charge in [0.25, 0.3) is 0 Å². The van der Waals surface area contributed by atoms with Crippen LogP contribution in [0.4, 0.5) is 0 Å². The van der Waals surface area contributed by atoms with Gasteiger partial charge in [-0.1, -0.05) is 320 Å².